The number of rotatable bonds is 2. The first-order valence-electron chi connectivity index (χ1n) is 4.78. The molecule has 2 heterocycles. The molecule has 0 spiro atoms. The van der Waals surface area contributed by atoms with Crippen molar-refractivity contribution in [2.45, 2.75) is 0 Å². The number of carbonyl (C=O) groups excluding carboxylic acids is 1. The summed E-state index contributed by atoms with van der Waals surface area (Å²) in [6.07, 6.45) is 0. The summed E-state index contributed by atoms with van der Waals surface area (Å²) >= 11 is 1.93. The van der Waals surface area contributed by atoms with Crippen LogP contribution < -0.4 is 10.6 Å². The Morgan fingerprint density at radius 3 is 2.93 bits per heavy atom. The van der Waals surface area contributed by atoms with E-state index in [0.717, 1.165) is 30.4 Å². The minimum absolute atomic E-state index is 0.214. The maximum atomic E-state index is 10.9. The molecule has 1 aromatic heterocycles. The van der Waals surface area contributed by atoms with E-state index >= 15 is 0 Å². The Hall–Kier alpha value is -1.23. The summed E-state index contributed by atoms with van der Waals surface area (Å²) in [6.45, 7) is 1.94. The standard InChI is InChI=1S/C10H12N3OS/c11-10(14)8-2-1-3-9(12-8)13-4-6-15-7-5-13/h1,3H,4-7H2,(H2,11,14). The van der Waals surface area contributed by atoms with Crippen molar-refractivity contribution in [3.8, 4) is 0 Å². The van der Waals surface area contributed by atoms with Crippen molar-refractivity contribution < 1.29 is 4.79 Å². The third-order valence-corrected chi connectivity index (χ3v) is 3.19. The lowest BCUT2D eigenvalue weighted by atomic mass is 10.3. The molecule has 1 fully saturated rings. The average molecular weight is 222 g/mol. The number of hydrogen-bond donors (Lipinski definition) is 1. The third kappa shape index (κ3) is 2.41. The van der Waals surface area contributed by atoms with E-state index in [-0.39, 0.29) is 5.69 Å². The molecule has 0 bridgehead atoms. The first kappa shape index (κ1) is 10.3. The zero-order chi connectivity index (χ0) is 10.7. The summed E-state index contributed by atoms with van der Waals surface area (Å²) in [4.78, 5) is 17.3. The van der Waals surface area contributed by atoms with Gasteiger partial charge in [-0.25, -0.2) is 4.98 Å². The van der Waals surface area contributed by atoms with E-state index < -0.39 is 5.91 Å². The lowest BCUT2D eigenvalue weighted by Crippen LogP contribution is -2.33. The first-order chi connectivity index (χ1) is 7.27. The predicted octanol–water partition coefficient (Wildman–Crippen LogP) is 0.534. The molecule has 2 N–H and O–H groups in total. The molecule has 1 saturated heterocycles. The Kier molecular flexibility index (Phi) is 3.11. The molecular formula is C10H12N3OS. The molecule has 5 heteroatoms. The van der Waals surface area contributed by atoms with E-state index in [9.17, 15) is 4.79 Å². The van der Waals surface area contributed by atoms with Gasteiger partial charge in [-0.1, -0.05) is 0 Å². The number of pyridine rings is 1. The maximum absolute atomic E-state index is 10.9. The number of carbonyl (C=O) groups is 1. The van der Waals surface area contributed by atoms with Crippen LogP contribution in [0, 0.1) is 6.07 Å². The van der Waals surface area contributed by atoms with Gasteiger partial charge < -0.3 is 10.6 Å². The van der Waals surface area contributed by atoms with Crippen molar-refractivity contribution in [2.24, 2.45) is 5.73 Å². The van der Waals surface area contributed by atoms with Crippen LogP contribution in [0.15, 0.2) is 12.1 Å². The highest BCUT2D eigenvalue weighted by Crippen LogP contribution is 2.16. The van der Waals surface area contributed by atoms with Crippen LogP contribution in [0.3, 0.4) is 0 Å². The molecule has 15 heavy (non-hydrogen) atoms. The van der Waals surface area contributed by atoms with Gasteiger partial charge in [0.2, 0.25) is 0 Å². The highest BCUT2D eigenvalue weighted by Gasteiger charge is 2.13. The molecule has 79 valence electrons. The summed E-state index contributed by atoms with van der Waals surface area (Å²) in [5, 5.41) is 0. The Labute approximate surface area is 92.9 Å². The quantitative estimate of drug-likeness (QED) is 0.793. The number of nitrogens with two attached hydrogens (primary N) is 1. The number of primary amides is 1. The second-order valence-corrected chi connectivity index (χ2v) is 4.48. The van der Waals surface area contributed by atoms with E-state index in [0.29, 0.717) is 0 Å². The smallest absolute Gasteiger partial charge is 0.268 e. The molecule has 1 aliphatic heterocycles. The van der Waals surface area contributed by atoms with Gasteiger partial charge in [-0.3, -0.25) is 4.79 Å². The van der Waals surface area contributed by atoms with Crippen molar-refractivity contribution in [2.75, 3.05) is 29.5 Å². The van der Waals surface area contributed by atoms with E-state index in [1.165, 1.54) is 0 Å². The fraction of sp³-hybridized carbons (Fsp3) is 0.400. The van der Waals surface area contributed by atoms with Crippen LogP contribution in [0.2, 0.25) is 0 Å². The van der Waals surface area contributed by atoms with E-state index in [1.807, 2.05) is 17.8 Å². The minimum atomic E-state index is -0.525. The highest BCUT2D eigenvalue weighted by atomic mass is 32.2. The van der Waals surface area contributed by atoms with Crippen molar-refractivity contribution in [1.82, 2.24) is 4.98 Å². The minimum Gasteiger partial charge on any atom is -0.364 e. The SMILES string of the molecule is NC(=O)c1[c]ccc(N2CCSCC2)n1. The number of anilines is 1. The molecule has 1 radical (unpaired) electrons. The Morgan fingerprint density at radius 2 is 2.27 bits per heavy atom. The molecule has 2 rings (SSSR count). The molecule has 0 aliphatic carbocycles. The molecule has 1 aliphatic rings. The van der Waals surface area contributed by atoms with Crippen molar-refractivity contribution in [3.05, 3.63) is 23.9 Å². The predicted molar refractivity (Wildman–Crippen MR) is 61.1 cm³/mol. The van der Waals surface area contributed by atoms with Gasteiger partial charge in [0, 0.05) is 30.7 Å². The van der Waals surface area contributed by atoms with Gasteiger partial charge in [0.05, 0.1) is 0 Å². The van der Waals surface area contributed by atoms with Gasteiger partial charge in [-0.2, -0.15) is 11.8 Å². The number of aromatic nitrogens is 1. The third-order valence-electron chi connectivity index (χ3n) is 2.25. The van der Waals surface area contributed by atoms with Crippen LogP contribution in [0.1, 0.15) is 10.5 Å². The van der Waals surface area contributed by atoms with Crippen LogP contribution in [0.4, 0.5) is 5.82 Å². The largest absolute Gasteiger partial charge is 0.364 e. The first-order valence-corrected chi connectivity index (χ1v) is 5.94. The molecule has 0 atom stereocenters. The number of amides is 1. The number of thioether (sulfide) groups is 1. The maximum Gasteiger partial charge on any atom is 0.268 e. The fourth-order valence-electron chi connectivity index (χ4n) is 1.47. The summed E-state index contributed by atoms with van der Waals surface area (Å²) in [5.41, 5.74) is 5.37. The molecule has 0 saturated carbocycles. The topological polar surface area (TPSA) is 59.2 Å². The highest BCUT2D eigenvalue weighted by molar-refractivity contribution is 7.99. The summed E-state index contributed by atoms with van der Waals surface area (Å²) < 4.78 is 0. The molecular weight excluding hydrogens is 210 g/mol. The number of hydrogen-bond acceptors (Lipinski definition) is 4. The van der Waals surface area contributed by atoms with Crippen molar-refractivity contribution in [3.63, 3.8) is 0 Å². The number of nitrogens with zero attached hydrogens (tertiary/aromatic N) is 2. The zero-order valence-electron chi connectivity index (χ0n) is 8.27. The van der Waals surface area contributed by atoms with Gasteiger partial charge in [-0.15, -0.1) is 0 Å². The van der Waals surface area contributed by atoms with Crippen molar-refractivity contribution >= 4 is 23.5 Å². The van der Waals surface area contributed by atoms with Gasteiger partial charge in [0.1, 0.15) is 11.5 Å². The lowest BCUT2D eigenvalue weighted by molar-refractivity contribution is 0.0995. The molecule has 0 unspecified atom stereocenters. The van der Waals surface area contributed by atoms with Gasteiger partial charge >= 0.3 is 0 Å². The van der Waals surface area contributed by atoms with Crippen molar-refractivity contribution in [1.29, 1.82) is 0 Å². The Bertz CT molecular complexity index is 363. The molecule has 4 nitrogen and oxygen atoms in total. The Balaban J connectivity index is 2.19. The van der Waals surface area contributed by atoms with Crippen LogP contribution in [0.5, 0.6) is 0 Å². The van der Waals surface area contributed by atoms with Crippen LogP contribution in [-0.4, -0.2) is 35.5 Å². The molecule has 0 aromatic carbocycles. The lowest BCUT2D eigenvalue weighted by Gasteiger charge is -2.27. The fourth-order valence-corrected chi connectivity index (χ4v) is 2.38. The summed E-state index contributed by atoms with van der Waals surface area (Å²) in [6, 6.07) is 6.29. The second kappa shape index (κ2) is 4.53. The van der Waals surface area contributed by atoms with Gasteiger partial charge in [-0.05, 0) is 12.1 Å². The van der Waals surface area contributed by atoms with E-state index in [1.54, 1.807) is 6.07 Å². The van der Waals surface area contributed by atoms with Crippen LogP contribution in [-0.2, 0) is 0 Å². The second-order valence-electron chi connectivity index (χ2n) is 3.26. The van der Waals surface area contributed by atoms with Gasteiger partial charge in [0.25, 0.3) is 5.91 Å². The van der Waals surface area contributed by atoms with Crippen LogP contribution in [0.25, 0.3) is 0 Å². The summed E-state index contributed by atoms with van der Waals surface area (Å²) in [5.74, 6) is 2.50. The zero-order valence-corrected chi connectivity index (χ0v) is 9.09. The van der Waals surface area contributed by atoms with E-state index in [4.69, 9.17) is 5.73 Å². The molecule has 1 amide bonds. The summed E-state index contributed by atoms with van der Waals surface area (Å²) in [7, 11) is 0. The Morgan fingerprint density at radius 1 is 1.53 bits per heavy atom. The average Bonchev–Trinajstić information content (AvgIpc) is 2.30. The van der Waals surface area contributed by atoms with Gasteiger partial charge in [0.15, 0.2) is 0 Å². The van der Waals surface area contributed by atoms with Crippen LogP contribution >= 0.6 is 11.8 Å². The van der Waals surface area contributed by atoms with E-state index in [2.05, 4.69) is 16.0 Å². The monoisotopic (exact) mass is 222 g/mol. The normalized spacial score (nSPS) is 16.4. The molecule has 1 aromatic rings.